The quantitative estimate of drug-likeness (QED) is 0.0533. The van der Waals surface area contributed by atoms with Crippen LogP contribution in [-0.2, 0) is 0 Å². The Bertz CT molecular complexity index is 1630. The summed E-state index contributed by atoms with van der Waals surface area (Å²) in [6.45, 7) is 32.2. The van der Waals surface area contributed by atoms with Crippen molar-refractivity contribution in [2.45, 2.75) is 642 Å². The monoisotopic (exact) mass is 1490 g/mol. The van der Waals surface area contributed by atoms with E-state index in [4.69, 9.17) is 0 Å². The molecule has 4 atom stereocenters. The fraction of sp³-hybridized carbons (Fsp3) is 1.00. The Morgan fingerprint density at radius 1 is 0.123 bits per heavy atom. The second-order valence-electron chi connectivity index (χ2n) is 39.1. The number of unbranched alkanes of at least 4 members (excludes halogenated alkanes) is 63. The first-order valence-electron chi connectivity index (χ1n) is 51.9. The summed E-state index contributed by atoms with van der Waals surface area (Å²) in [6.07, 6.45) is 128. The number of hydrogen-bond acceptors (Lipinski definition) is 0. The summed E-state index contributed by atoms with van der Waals surface area (Å²) >= 11 is 0. The maximum atomic E-state index is 2.54. The van der Waals surface area contributed by atoms with Gasteiger partial charge >= 0.3 is 0 Å². The first kappa shape index (κ1) is 106. The topological polar surface area (TPSA) is 0 Å². The Hall–Kier alpha value is 0. The molecule has 0 N–H and O–H groups in total. The third-order valence-electron chi connectivity index (χ3n) is 28.1. The molecule has 0 aromatic carbocycles. The van der Waals surface area contributed by atoms with Gasteiger partial charge in [0.2, 0.25) is 0 Å². The van der Waals surface area contributed by atoms with E-state index in [2.05, 4.69) is 90.0 Å². The fourth-order valence-electron chi connectivity index (χ4n) is 21.5. The van der Waals surface area contributed by atoms with Crippen molar-refractivity contribution in [1.29, 1.82) is 0 Å². The van der Waals surface area contributed by atoms with Gasteiger partial charge in [0.05, 0.1) is 0 Å². The molecule has 0 radical (unpaired) electrons. The van der Waals surface area contributed by atoms with Gasteiger partial charge in [-0.2, -0.15) is 0 Å². The molecule has 4 unspecified atom stereocenters. The molecular formula is C106H214. The molecule has 0 aromatic heterocycles. The van der Waals surface area contributed by atoms with Gasteiger partial charge in [-0.25, -0.2) is 0 Å². The zero-order valence-corrected chi connectivity index (χ0v) is 77.5. The van der Waals surface area contributed by atoms with Crippen molar-refractivity contribution < 1.29 is 0 Å². The second kappa shape index (κ2) is 80.2. The van der Waals surface area contributed by atoms with Crippen molar-refractivity contribution in [3.8, 4) is 0 Å². The molecule has 0 amide bonds. The molecule has 0 aliphatic carbocycles. The van der Waals surface area contributed by atoms with Crippen molar-refractivity contribution in [2.24, 2.45) is 39.4 Å². The van der Waals surface area contributed by atoms with Gasteiger partial charge in [-0.3, -0.25) is 0 Å². The smallest absolute Gasteiger partial charge is 0.0179 e. The average Bonchev–Trinajstić information content (AvgIpc) is 0.696. The van der Waals surface area contributed by atoms with Crippen LogP contribution in [0.15, 0.2) is 0 Å². The van der Waals surface area contributed by atoms with E-state index in [1.54, 1.807) is 64.2 Å². The zero-order chi connectivity index (χ0) is 77.5. The summed E-state index contributed by atoms with van der Waals surface area (Å²) in [5, 5.41) is 0. The van der Waals surface area contributed by atoms with E-state index in [0.717, 1.165) is 17.8 Å². The van der Waals surface area contributed by atoms with Gasteiger partial charge in [0.25, 0.3) is 0 Å². The summed E-state index contributed by atoms with van der Waals surface area (Å²) < 4.78 is 0. The first-order valence-corrected chi connectivity index (χ1v) is 51.9. The lowest BCUT2D eigenvalue weighted by atomic mass is 9.35. The average molecular weight is 1490 g/mol. The highest BCUT2D eigenvalue weighted by Gasteiger charge is 2.66. The Morgan fingerprint density at radius 2 is 0.226 bits per heavy atom. The van der Waals surface area contributed by atoms with Crippen molar-refractivity contribution in [3.63, 3.8) is 0 Å². The highest BCUT2D eigenvalue weighted by Crippen LogP contribution is 2.75. The normalized spacial score (nSPS) is 14.5. The molecule has 638 valence electrons. The van der Waals surface area contributed by atoms with E-state index in [1.807, 2.05) is 0 Å². The van der Waals surface area contributed by atoms with E-state index >= 15 is 0 Å². The van der Waals surface area contributed by atoms with Crippen molar-refractivity contribution in [1.82, 2.24) is 0 Å². The van der Waals surface area contributed by atoms with Crippen LogP contribution < -0.4 is 0 Å². The van der Waals surface area contributed by atoms with Gasteiger partial charge in [0.1, 0.15) is 0 Å². The Balaban J connectivity index is 9.94. The van der Waals surface area contributed by atoms with E-state index in [1.165, 1.54) is 488 Å². The molecule has 0 fully saturated rings. The van der Waals surface area contributed by atoms with Crippen molar-refractivity contribution in [2.75, 3.05) is 0 Å². The third kappa shape index (κ3) is 57.1. The van der Waals surface area contributed by atoms with Gasteiger partial charge < -0.3 is 0 Å². The first-order chi connectivity index (χ1) is 51.9. The highest BCUT2D eigenvalue weighted by atomic mass is 14.7. The van der Waals surface area contributed by atoms with Crippen molar-refractivity contribution >= 4 is 0 Å². The summed E-state index contributed by atoms with van der Waals surface area (Å²) in [4.78, 5) is 0. The predicted molar refractivity (Wildman–Crippen MR) is 491 cm³/mol. The molecule has 0 saturated heterocycles. The highest BCUT2D eigenvalue weighted by molar-refractivity contribution is 5.15. The molecule has 0 aromatic rings. The molecule has 106 heavy (non-hydrogen) atoms. The molecule has 0 nitrogen and oxygen atoms in total. The molecule has 0 bridgehead atoms. The summed E-state index contributed by atoms with van der Waals surface area (Å²) in [6, 6.07) is 0. The van der Waals surface area contributed by atoms with E-state index in [9.17, 15) is 0 Å². The van der Waals surface area contributed by atoms with Crippen molar-refractivity contribution in [3.05, 3.63) is 0 Å². The van der Waals surface area contributed by atoms with Crippen LogP contribution in [-0.4, -0.2) is 0 Å². The van der Waals surface area contributed by atoms with Crippen LogP contribution in [0.2, 0.25) is 0 Å². The minimum Gasteiger partial charge on any atom is -0.0654 e. The minimum absolute atomic E-state index is 0.372. The Morgan fingerprint density at radius 3 is 0.358 bits per heavy atom. The SMILES string of the molecule is CCCCCCCCCCCCCCC(CCCCCCCCCCC)(CCCCCCCCCCCC)C(CCCCCCCCCC)(CCCCCCCC(C)C)C(CCCCCCCCC)(CCCCCCC(C)C)C(CCCCCCCC)(CCCCCCCCCCC)CCCCCC(C)C. The van der Waals surface area contributed by atoms with E-state index < -0.39 is 0 Å². The lowest BCUT2D eigenvalue weighted by Crippen LogP contribution is -2.61. The lowest BCUT2D eigenvalue weighted by Gasteiger charge is -2.69. The molecule has 0 saturated carbocycles. The third-order valence-corrected chi connectivity index (χ3v) is 28.1. The zero-order valence-electron chi connectivity index (χ0n) is 77.5. The summed E-state index contributed by atoms with van der Waals surface area (Å²) in [5.41, 5.74) is 1.56. The van der Waals surface area contributed by atoms with Crippen LogP contribution in [0.5, 0.6) is 0 Å². The van der Waals surface area contributed by atoms with E-state index in [0.29, 0.717) is 21.7 Å². The molecule has 0 heterocycles. The summed E-state index contributed by atoms with van der Waals surface area (Å²) in [5.74, 6) is 2.48. The fourth-order valence-corrected chi connectivity index (χ4v) is 21.5. The van der Waals surface area contributed by atoms with Gasteiger partial charge in [0, 0.05) is 0 Å². The predicted octanol–water partition coefficient (Wildman–Crippen LogP) is 40.6. The molecular weight excluding hydrogens is 1270 g/mol. The van der Waals surface area contributed by atoms with Gasteiger partial charge in [0.15, 0.2) is 0 Å². The van der Waals surface area contributed by atoms with Gasteiger partial charge in [-0.15, -0.1) is 0 Å². The summed E-state index contributed by atoms with van der Waals surface area (Å²) in [7, 11) is 0. The molecule has 0 spiro atoms. The number of hydrogen-bond donors (Lipinski definition) is 0. The molecule has 0 rings (SSSR count). The molecule has 0 aliphatic heterocycles. The van der Waals surface area contributed by atoms with Crippen LogP contribution >= 0.6 is 0 Å². The largest absolute Gasteiger partial charge is 0.0654 e. The van der Waals surface area contributed by atoms with Crippen LogP contribution in [0.3, 0.4) is 0 Å². The molecule has 0 aliphatic rings. The van der Waals surface area contributed by atoms with Crippen LogP contribution in [0.25, 0.3) is 0 Å². The van der Waals surface area contributed by atoms with Gasteiger partial charge in [-0.05, 0) is 104 Å². The van der Waals surface area contributed by atoms with E-state index in [-0.39, 0.29) is 0 Å². The van der Waals surface area contributed by atoms with Crippen LogP contribution in [0.4, 0.5) is 0 Å². The minimum atomic E-state index is 0.372. The standard InChI is InChI=1S/C106H214/c1-14-21-28-35-42-47-49-50-54-59-68-80-93-103(91-78-65-56-51-44-37-30-23-16-3,92-79-67-58-53-48-43-36-29-22-15-2)105(97-84-70-60-46-39-32-25-18-5,98-85-71-61-62-74-87-100(8)9)106(96-83-69-55-40-33-26-19-6,99-86-72-63-75-88-101(10)11)104(90-77-64-41-34-27-20-7,95-82-73-76-89-102(12)13)94-81-66-57-52-45-38-31-24-17-4/h100-102H,14-99H2,1-13H3. The van der Waals surface area contributed by atoms with Crippen LogP contribution in [0, 0.1) is 39.4 Å². The maximum absolute atomic E-state index is 2.54. The molecule has 0 heteroatoms. The Kier molecular flexibility index (Phi) is 80.2. The number of rotatable bonds is 92. The second-order valence-corrected chi connectivity index (χ2v) is 39.1. The maximum Gasteiger partial charge on any atom is -0.0179 e. The van der Waals surface area contributed by atoms with Crippen LogP contribution in [0.1, 0.15) is 642 Å². The van der Waals surface area contributed by atoms with Gasteiger partial charge in [-0.1, -0.05) is 578 Å². The lowest BCUT2D eigenvalue weighted by molar-refractivity contribution is -0.205. The Labute approximate surface area is 677 Å².